The van der Waals surface area contributed by atoms with E-state index in [1.165, 1.54) is 11.1 Å². The quantitative estimate of drug-likeness (QED) is 0.838. The van der Waals surface area contributed by atoms with Crippen molar-refractivity contribution in [2.24, 2.45) is 5.41 Å². The standard InChI is InChI=1S/C16H22N2O/c1-16(2)8-5-9-17-14(16)15(19)18-10-12-6-3-4-7-13(12)11-18/h3-4,6-7,14,17H,5,8-11H2,1-2H3. The number of amides is 1. The number of nitrogens with zero attached hydrogens (tertiary/aromatic N) is 1. The average Bonchev–Trinajstić information content (AvgIpc) is 2.81. The minimum atomic E-state index is -0.0319. The molecule has 0 bridgehead atoms. The van der Waals surface area contributed by atoms with Crippen molar-refractivity contribution in [3.8, 4) is 0 Å². The molecular formula is C16H22N2O. The molecule has 1 fully saturated rings. The molecule has 1 atom stereocenters. The number of hydrogen-bond donors (Lipinski definition) is 1. The Labute approximate surface area is 115 Å². The maximum absolute atomic E-state index is 12.7. The Morgan fingerprint density at radius 2 is 1.89 bits per heavy atom. The van der Waals surface area contributed by atoms with Crippen LogP contribution in [0.15, 0.2) is 24.3 Å². The summed E-state index contributed by atoms with van der Waals surface area (Å²) >= 11 is 0. The molecule has 1 saturated heterocycles. The lowest BCUT2D eigenvalue weighted by atomic mass is 9.77. The van der Waals surface area contributed by atoms with Crippen LogP contribution in [-0.2, 0) is 17.9 Å². The van der Waals surface area contributed by atoms with Crippen molar-refractivity contribution in [1.82, 2.24) is 10.2 Å². The van der Waals surface area contributed by atoms with Crippen molar-refractivity contribution in [1.29, 1.82) is 0 Å². The predicted molar refractivity (Wildman–Crippen MR) is 75.5 cm³/mol. The van der Waals surface area contributed by atoms with Crippen molar-refractivity contribution >= 4 is 5.91 Å². The Hall–Kier alpha value is -1.35. The number of fused-ring (bicyclic) bond motifs is 1. The minimum Gasteiger partial charge on any atom is -0.333 e. The second-order valence-corrected chi connectivity index (χ2v) is 6.44. The van der Waals surface area contributed by atoms with E-state index in [1.54, 1.807) is 0 Å². The van der Waals surface area contributed by atoms with E-state index in [9.17, 15) is 4.79 Å². The van der Waals surface area contributed by atoms with Crippen molar-refractivity contribution in [3.63, 3.8) is 0 Å². The van der Waals surface area contributed by atoms with Gasteiger partial charge in [0, 0.05) is 13.1 Å². The third-order valence-electron chi connectivity index (χ3n) is 4.53. The molecule has 102 valence electrons. The zero-order chi connectivity index (χ0) is 13.5. The second kappa shape index (κ2) is 4.64. The molecule has 1 aromatic carbocycles. The van der Waals surface area contributed by atoms with Crippen molar-refractivity contribution in [2.45, 2.75) is 45.8 Å². The van der Waals surface area contributed by atoms with E-state index in [4.69, 9.17) is 0 Å². The number of carbonyl (C=O) groups excluding carboxylic acids is 1. The van der Waals surface area contributed by atoms with E-state index in [0.29, 0.717) is 0 Å². The zero-order valence-electron chi connectivity index (χ0n) is 11.8. The first-order chi connectivity index (χ1) is 9.08. The van der Waals surface area contributed by atoms with Gasteiger partial charge in [0.05, 0.1) is 6.04 Å². The fraction of sp³-hybridized carbons (Fsp3) is 0.562. The number of piperidine rings is 1. The molecule has 1 N–H and O–H groups in total. The summed E-state index contributed by atoms with van der Waals surface area (Å²) in [5.41, 5.74) is 2.65. The van der Waals surface area contributed by atoms with Gasteiger partial charge in [-0.3, -0.25) is 4.79 Å². The van der Waals surface area contributed by atoms with Gasteiger partial charge in [0.25, 0.3) is 0 Å². The van der Waals surface area contributed by atoms with E-state index < -0.39 is 0 Å². The molecular weight excluding hydrogens is 236 g/mol. The molecule has 1 aromatic rings. The number of rotatable bonds is 1. The van der Waals surface area contributed by atoms with Crippen LogP contribution in [0.4, 0.5) is 0 Å². The SMILES string of the molecule is CC1(C)CCCNC1C(=O)N1Cc2ccccc2C1. The van der Waals surface area contributed by atoms with Gasteiger partial charge in [-0.05, 0) is 35.9 Å². The summed E-state index contributed by atoms with van der Waals surface area (Å²) in [7, 11) is 0. The Kier molecular flexibility index (Phi) is 3.09. The Bertz CT molecular complexity index is 470. The molecule has 0 aromatic heterocycles. The van der Waals surface area contributed by atoms with Gasteiger partial charge >= 0.3 is 0 Å². The number of nitrogens with one attached hydrogen (secondary N) is 1. The van der Waals surface area contributed by atoms with Gasteiger partial charge in [0.15, 0.2) is 0 Å². The van der Waals surface area contributed by atoms with Crippen LogP contribution in [0.25, 0.3) is 0 Å². The molecule has 2 aliphatic heterocycles. The second-order valence-electron chi connectivity index (χ2n) is 6.44. The molecule has 19 heavy (non-hydrogen) atoms. The zero-order valence-corrected chi connectivity index (χ0v) is 11.8. The molecule has 0 spiro atoms. The van der Waals surface area contributed by atoms with Gasteiger partial charge < -0.3 is 10.2 Å². The largest absolute Gasteiger partial charge is 0.333 e. The van der Waals surface area contributed by atoms with Gasteiger partial charge in [0.2, 0.25) is 5.91 Å². The molecule has 1 amide bonds. The first kappa shape index (κ1) is 12.7. The summed E-state index contributed by atoms with van der Waals surface area (Å²) in [5, 5.41) is 3.42. The molecule has 0 saturated carbocycles. The minimum absolute atomic E-state index is 0.0319. The Balaban J connectivity index is 1.76. The number of hydrogen-bond acceptors (Lipinski definition) is 2. The molecule has 2 heterocycles. The van der Waals surface area contributed by atoms with Gasteiger partial charge in [-0.1, -0.05) is 38.1 Å². The topological polar surface area (TPSA) is 32.3 Å². The van der Waals surface area contributed by atoms with Gasteiger partial charge in [-0.15, -0.1) is 0 Å². The molecule has 3 rings (SSSR count). The maximum Gasteiger partial charge on any atom is 0.240 e. The lowest BCUT2D eigenvalue weighted by Gasteiger charge is -2.40. The summed E-state index contributed by atoms with van der Waals surface area (Å²) in [6, 6.07) is 8.32. The first-order valence-electron chi connectivity index (χ1n) is 7.17. The van der Waals surface area contributed by atoms with E-state index in [1.807, 2.05) is 4.90 Å². The van der Waals surface area contributed by atoms with Crippen LogP contribution in [0.3, 0.4) is 0 Å². The highest BCUT2D eigenvalue weighted by atomic mass is 16.2. The molecule has 1 unspecified atom stereocenters. The van der Waals surface area contributed by atoms with Gasteiger partial charge in [-0.25, -0.2) is 0 Å². The van der Waals surface area contributed by atoms with Crippen molar-refractivity contribution in [3.05, 3.63) is 35.4 Å². The first-order valence-corrected chi connectivity index (χ1v) is 7.17. The monoisotopic (exact) mass is 258 g/mol. The van der Waals surface area contributed by atoms with Crippen LogP contribution in [-0.4, -0.2) is 23.4 Å². The summed E-state index contributed by atoms with van der Waals surface area (Å²) in [5.74, 6) is 0.265. The number of benzene rings is 1. The van der Waals surface area contributed by atoms with Crippen LogP contribution >= 0.6 is 0 Å². The fourth-order valence-electron chi connectivity index (χ4n) is 3.30. The van der Waals surface area contributed by atoms with Crippen molar-refractivity contribution in [2.75, 3.05) is 6.54 Å². The van der Waals surface area contributed by atoms with Gasteiger partial charge in [0.1, 0.15) is 0 Å². The maximum atomic E-state index is 12.7. The van der Waals surface area contributed by atoms with Crippen LogP contribution in [0.1, 0.15) is 37.8 Å². The van der Waals surface area contributed by atoms with E-state index in [2.05, 4.69) is 43.4 Å². The summed E-state index contributed by atoms with van der Waals surface area (Å²) in [6.07, 6.45) is 2.29. The van der Waals surface area contributed by atoms with Gasteiger partial charge in [-0.2, -0.15) is 0 Å². The molecule has 3 heteroatoms. The summed E-state index contributed by atoms with van der Waals surface area (Å²) in [4.78, 5) is 14.7. The lowest BCUT2D eigenvalue weighted by molar-refractivity contribution is -0.138. The fourth-order valence-corrected chi connectivity index (χ4v) is 3.30. The molecule has 0 aliphatic carbocycles. The third kappa shape index (κ3) is 2.27. The van der Waals surface area contributed by atoms with Crippen LogP contribution in [0.2, 0.25) is 0 Å². The van der Waals surface area contributed by atoms with Crippen LogP contribution in [0, 0.1) is 5.41 Å². The highest BCUT2D eigenvalue weighted by molar-refractivity contribution is 5.83. The highest BCUT2D eigenvalue weighted by Crippen LogP contribution is 2.33. The van der Waals surface area contributed by atoms with Crippen LogP contribution < -0.4 is 5.32 Å². The number of carbonyl (C=O) groups is 1. The summed E-state index contributed by atoms with van der Waals surface area (Å²) in [6.45, 7) is 6.89. The Morgan fingerprint density at radius 3 is 2.47 bits per heavy atom. The third-order valence-corrected chi connectivity index (χ3v) is 4.53. The molecule has 0 radical (unpaired) electrons. The smallest absolute Gasteiger partial charge is 0.240 e. The molecule has 3 nitrogen and oxygen atoms in total. The predicted octanol–water partition coefficient (Wildman–Crippen LogP) is 2.31. The van der Waals surface area contributed by atoms with Crippen LogP contribution in [0.5, 0.6) is 0 Å². The normalized spacial score (nSPS) is 25.2. The highest BCUT2D eigenvalue weighted by Gasteiger charge is 2.40. The summed E-state index contributed by atoms with van der Waals surface area (Å²) < 4.78 is 0. The molecule has 2 aliphatic rings. The van der Waals surface area contributed by atoms with E-state index >= 15 is 0 Å². The lowest BCUT2D eigenvalue weighted by Crippen LogP contribution is -2.55. The average molecular weight is 258 g/mol. The van der Waals surface area contributed by atoms with E-state index in [-0.39, 0.29) is 17.4 Å². The Morgan fingerprint density at radius 1 is 1.26 bits per heavy atom. The van der Waals surface area contributed by atoms with E-state index in [0.717, 1.165) is 32.5 Å². The van der Waals surface area contributed by atoms with Crippen molar-refractivity contribution < 1.29 is 4.79 Å².